The lowest BCUT2D eigenvalue weighted by Crippen LogP contribution is -2.22. The zero-order chi connectivity index (χ0) is 18.8. The van der Waals surface area contributed by atoms with Gasteiger partial charge in [-0.15, -0.1) is 0 Å². The number of aromatic nitrogens is 2. The maximum atomic E-state index is 11.5. The second-order valence-electron chi connectivity index (χ2n) is 8.07. The van der Waals surface area contributed by atoms with E-state index in [0.717, 1.165) is 18.0 Å². The summed E-state index contributed by atoms with van der Waals surface area (Å²) in [5.74, 6) is 1.76. The molecule has 7 nitrogen and oxygen atoms in total. The van der Waals surface area contributed by atoms with Crippen molar-refractivity contribution in [1.82, 2.24) is 9.55 Å². The van der Waals surface area contributed by atoms with Crippen LogP contribution in [-0.2, 0) is 11.1 Å². The van der Waals surface area contributed by atoms with Gasteiger partial charge in [0.1, 0.15) is 5.52 Å². The molecule has 0 atom stereocenters. The van der Waals surface area contributed by atoms with Gasteiger partial charge in [-0.25, -0.2) is 4.98 Å². The molecule has 0 amide bonds. The number of fused-ring (bicyclic) bond motifs is 3. The topological polar surface area (TPSA) is 115 Å². The zero-order valence-electron chi connectivity index (χ0n) is 14.8. The van der Waals surface area contributed by atoms with Crippen LogP contribution in [0.4, 0.5) is 5.69 Å². The Balaban J connectivity index is 1.66. The van der Waals surface area contributed by atoms with Crippen molar-refractivity contribution >= 4 is 29.8 Å². The lowest BCUT2D eigenvalue weighted by Gasteiger charge is -2.28. The van der Waals surface area contributed by atoms with Gasteiger partial charge in [0, 0.05) is 6.54 Å². The Morgan fingerprint density at radius 3 is 2.67 bits per heavy atom. The number of furan rings is 1. The van der Waals surface area contributed by atoms with Crippen molar-refractivity contribution < 1.29 is 18.8 Å². The van der Waals surface area contributed by atoms with Crippen LogP contribution < -0.4 is 11.2 Å². The van der Waals surface area contributed by atoms with Gasteiger partial charge in [0.05, 0.1) is 11.2 Å². The maximum Gasteiger partial charge on any atom is 0.391 e. The van der Waals surface area contributed by atoms with Gasteiger partial charge in [-0.2, -0.15) is 0 Å². The molecule has 27 heavy (non-hydrogen) atoms. The normalized spacial score (nSPS) is 24.9. The highest BCUT2D eigenvalue weighted by atomic mass is 31.2. The summed E-state index contributed by atoms with van der Waals surface area (Å²) in [5.41, 5.74) is 8.29. The summed E-state index contributed by atoms with van der Waals surface area (Å²) in [6.45, 7) is 0.824. The van der Waals surface area contributed by atoms with Crippen LogP contribution in [0.3, 0.4) is 0 Å². The van der Waals surface area contributed by atoms with Crippen molar-refractivity contribution in [2.24, 2.45) is 11.3 Å². The number of nitrogens with zero attached hydrogens (tertiary/aromatic N) is 2. The largest absolute Gasteiger partial charge is 0.445 e. The molecule has 2 fully saturated rings. The zero-order valence-corrected chi connectivity index (χ0v) is 15.7. The molecule has 2 aliphatic rings. The number of hydrogen-bond donors (Lipinski definition) is 3. The molecular weight excluding hydrogens is 365 g/mol. The summed E-state index contributed by atoms with van der Waals surface area (Å²) in [6, 6.07) is 8.61. The Hall–Kier alpha value is -2.08. The molecule has 2 saturated carbocycles. The van der Waals surface area contributed by atoms with E-state index in [1.807, 2.05) is 18.2 Å². The molecule has 4 N–H and O–H groups in total. The lowest BCUT2D eigenvalue weighted by molar-refractivity contribution is 0.252. The number of para-hydroxylation sites is 1. The molecule has 0 radical (unpaired) electrons. The number of nitrogens with two attached hydrogens (primary N) is 1. The molecule has 142 valence electrons. The van der Waals surface area contributed by atoms with E-state index in [4.69, 9.17) is 15.1 Å². The summed E-state index contributed by atoms with van der Waals surface area (Å²) in [4.78, 5) is 23.5. The third kappa shape index (κ3) is 2.73. The van der Waals surface area contributed by atoms with E-state index >= 15 is 0 Å². The van der Waals surface area contributed by atoms with E-state index in [0.29, 0.717) is 22.8 Å². The number of anilines is 1. The van der Waals surface area contributed by atoms with Gasteiger partial charge in [0.25, 0.3) is 0 Å². The van der Waals surface area contributed by atoms with Crippen molar-refractivity contribution in [2.45, 2.75) is 38.6 Å². The van der Waals surface area contributed by atoms with Crippen LogP contribution >= 0.6 is 7.60 Å². The van der Waals surface area contributed by atoms with Gasteiger partial charge in [-0.3, -0.25) is 4.57 Å². The fourth-order valence-corrected chi connectivity index (χ4v) is 5.48. The lowest BCUT2D eigenvalue weighted by atomic mass is 9.84. The van der Waals surface area contributed by atoms with E-state index < -0.39 is 7.60 Å². The highest BCUT2D eigenvalue weighted by Crippen LogP contribution is 2.55. The number of nitrogen functional groups attached to an aromatic ring is 1. The van der Waals surface area contributed by atoms with Crippen molar-refractivity contribution in [3.63, 3.8) is 0 Å². The van der Waals surface area contributed by atoms with Gasteiger partial charge < -0.3 is 24.5 Å². The Kier molecular flexibility index (Phi) is 3.60. The van der Waals surface area contributed by atoms with Crippen molar-refractivity contribution in [3.8, 4) is 11.6 Å². The monoisotopic (exact) mass is 387 g/mol. The molecule has 0 aliphatic heterocycles. The minimum absolute atomic E-state index is 0.274. The van der Waals surface area contributed by atoms with Crippen LogP contribution in [0.2, 0.25) is 0 Å². The highest BCUT2D eigenvalue weighted by Gasteiger charge is 2.45. The van der Waals surface area contributed by atoms with Crippen LogP contribution in [-0.4, -0.2) is 19.3 Å². The standard InChI is InChI=1S/C19H22N3O4P/c20-13-2-1-3-14-17(13)21-18(15-4-5-16(26-15)27(23,24)25)22(14)11-19-8-6-12(10-19)7-9-19/h1-5,12H,6-11,20H2,(H2,23,24,25). The Morgan fingerprint density at radius 1 is 1.26 bits per heavy atom. The molecular formula is C19H22N3O4P. The average Bonchev–Trinajstić information content (AvgIpc) is 3.37. The third-order valence-corrected chi connectivity index (χ3v) is 7.10. The van der Waals surface area contributed by atoms with E-state index in [2.05, 4.69) is 4.57 Å². The van der Waals surface area contributed by atoms with Gasteiger partial charge in [-0.05, 0) is 67.7 Å². The van der Waals surface area contributed by atoms with E-state index in [-0.39, 0.29) is 10.9 Å². The van der Waals surface area contributed by atoms with Gasteiger partial charge >= 0.3 is 7.60 Å². The van der Waals surface area contributed by atoms with E-state index in [9.17, 15) is 14.4 Å². The van der Waals surface area contributed by atoms with E-state index in [1.165, 1.54) is 38.2 Å². The maximum absolute atomic E-state index is 11.5. The SMILES string of the molecule is Nc1cccc2c1nc(-c1ccc(P(=O)(O)O)o1)n2CC12CCC(CC1)C2. The first-order valence-corrected chi connectivity index (χ1v) is 10.9. The molecule has 3 aromatic rings. The number of hydrogen-bond acceptors (Lipinski definition) is 4. The first kappa shape index (κ1) is 17.0. The predicted molar refractivity (Wildman–Crippen MR) is 103 cm³/mol. The van der Waals surface area contributed by atoms with Crippen LogP contribution in [0.25, 0.3) is 22.6 Å². The van der Waals surface area contributed by atoms with Gasteiger partial charge in [0.15, 0.2) is 11.6 Å². The molecule has 5 rings (SSSR count). The Labute approximate surface area is 156 Å². The Bertz CT molecular complexity index is 1070. The minimum Gasteiger partial charge on any atom is -0.445 e. The first-order valence-electron chi connectivity index (χ1n) is 9.26. The average molecular weight is 387 g/mol. The molecule has 2 aliphatic carbocycles. The second-order valence-corrected chi connectivity index (χ2v) is 9.59. The van der Waals surface area contributed by atoms with E-state index in [1.54, 1.807) is 6.07 Å². The molecule has 2 heterocycles. The summed E-state index contributed by atoms with van der Waals surface area (Å²) in [5, 5.41) is 0. The summed E-state index contributed by atoms with van der Waals surface area (Å²) in [7, 11) is -4.45. The number of benzene rings is 1. The van der Waals surface area contributed by atoms with Crippen LogP contribution in [0.5, 0.6) is 0 Å². The molecule has 0 unspecified atom stereocenters. The molecule has 0 spiro atoms. The van der Waals surface area contributed by atoms with Crippen molar-refractivity contribution in [3.05, 3.63) is 30.3 Å². The molecule has 1 aromatic carbocycles. The fraction of sp³-hybridized carbons (Fsp3) is 0.421. The van der Waals surface area contributed by atoms with Gasteiger partial charge in [-0.1, -0.05) is 6.07 Å². The molecule has 2 bridgehead atoms. The Morgan fingerprint density at radius 2 is 2.04 bits per heavy atom. The van der Waals surface area contributed by atoms with Crippen molar-refractivity contribution in [2.75, 3.05) is 5.73 Å². The first-order chi connectivity index (χ1) is 12.8. The fourth-order valence-electron chi connectivity index (χ4n) is 4.99. The highest BCUT2D eigenvalue weighted by molar-refractivity contribution is 7.59. The van der Waals surface area contributed by atoms with Crippen LogP contribution in [0.15, 0.2) is 34.7 Å². The third-order valence-electron chi connectivity index (χ3n) is 6.29. The number of imidazole rings is 1. The summed E-state index contributed by atoms with van der Waals surface area (Å²) in [6.07, 6.45) is 6.23. The minimum atomic E-state index is -4.45. The van der Waals surface area contributed by atoms with Crippen molar-refractivity contribution in [1.29, 1.82) is 0 Å². The summed E-state index contributed by atoms with van der Waals surface area (Å²) >= 11 is 0. The van der Waals surface area contributed by atoms with Crippen LogP contribution in [0, 0.1) is 11.3 Å². The second kappa shape index (κ2) is 5.71. The number of rotatable bonds is 4. The van der Waals surface area contributed by atoms with Gasteiger partial charge in [0.2, 0.25) is 5.50 Å². The molecule has 8 heteroatoms. The van der Waals surface area contributed by atoms with Crippen LogP contribution in [0.1, 0.15) is 32.1 Å². The molecule has 0 saturated heterocycles. The molecule has 2 aromatic heterocycles. The quantitative estimate of drug-likeness (QED) is 0.468. The summed E-state index contributed by atoms with van der Waals surface area (Å²) < 4.78 is 19.1. The predicted octanol–water partition coefficient (Wildman–Crippen LogP) is 3.26. The smallest absolute Gasteiger partial charge is 0.391 e.